The Morgan fingerprint density at radius 3 is 2.42 bits per heavy atom. The molecule has 0 bridgehead atoms. The van der Waals surface area contributed by atoms with Crippen molar-refractivity contribution in [1.82, 2.24) is 15.5 Å². The molecule has 2 rings (SSSR count). The monoisotopic (exact) mass is 335 g/mol. The van der Waals surface area contributed by atoms with E-state index in [4.69, 9.17) is 9.31 Å². The van der Waals surface area contributed by atoms with Gasteiger partial charge in [0.05, 0.1) is 17.4 Å². The van der Waals surface area contributed by atoms with Crippen molar-refractivity contribution >= 4 is 25.1 Å². The normalized spacial score (nSPS) is 19.4. The predicted molar refractivity (Wildman–Crippen MR) is 88.3 cm³/mol. The second-order valence-electron chi connectivity index (χ2n) is 6.72. The van der Waals surface area contributed by atoms with Gasteiger partial charge < -0.3 is 19.7 Å². The molecule has 0 unspecified atom stereocenters. The molecule has 24 heavy (non-hydrogen) atoms. The highest BCUT2D eigenvalue weighted by atomic mass is 16.7. The van der Waals surface area contributed by atoms with Gasteiger partial charge in [-0.3, -0.25) is 9.89 Å². The van der Waals surface area contributed by atoms with E-state index in [2.05, 4.69) is 15.5 Å². The van der Waals surface area contributed by atoms with E-state index in [0.29, 0.717) is 11.0 Å². The zero-order chi connectivity index (χ0) is 18.1. The third kappa shape index (κ3) is 3.68. The molecule has 0 spiro atoms. The van der Waals surface area contributed by atoms with Gasteiger partial charge in [0, 0.05) is 19.0 Å². The van der Waals surface area contributed by atoms with Gasteiger partial charge in [-0.25, -0.2) is 4.79 Å². The molecule has 0 aromatic carbocycles. The fraction of sp³-hybridized carbons (Fsp3) is 0.533. The lowest BCUT2D eigenvalue weighted by molar-refractivity contribution is -0.118. The van der Waals surface area contributed by atoms with Gasteiger partial charge in [-0.2, -0.15) is 5.10 Å². The van der Waals surface area contributed by atoms with E-state index in [1.165, 1.54) is 13.1 Å². The minimum atomic E-state index is -1.12. The molecule has 0 saturated carbocycles. The highest BCUT2D eigenvalue weighted by Gasteiger charge is 2.52. The summed E-state index contributed by atoms with van der Waals surface area (Å²) >= 11 is 0. The van der Waals surface area contributed by atoms with Crippen LogP contribution in [0, 0.1) is 0 Å². The van der Waals surface area contributed by atoms with Crippen LogP contribution in [0.5, 0.6) is 0 Å². The Hall–Kier alpha value is -2.13. The minimum absolute atomic E-state index is 0.0353. The number of nitrogens with one attached hydrogen (secondary N) is 2. The van der Waals surface area contributed by atoms with E-state index in [1.54, 1.807) is 6.08 Å². The van der Waals surface area contributed by atoms with Crippen molar-refractivity contribution in [3.05, 3.63) is 22.9 Å². The van der Waals surface area contributed by atoms with E-state index in [-0.39, 0.29) is 18.1 Å². The van der Waals surface area contributed by atoms with Gasteiger partial charge in [-0.15, -0.1) is 0 Å². The molecule has 1 saturated heterocycles. The van der Waals surface area contributed by atoms with E-state index in [9.17, 15) is 14.7 Å². The Kier molecular flexibility index (Phi) is 4.86. The number of rotatable bonds is 5. The summed E-state index contributed by atoms with van der Waals surface area (Å²) in [5.74, 6) is -1.32. The zero-order valence-corrected chi connectivity index (χ0v) is 14.5. The number of amides is 1. The molecule has 0 radical (unpaired) electrons. The fourth-order valence-corrected chi connectivity index (χ4v) is 2.20. The van der Waals surface area contributed by atoms with Gasteiger partial charge in [0.2, 0.25) is 5.91 Å². The van der Waals surface area contributed by atoms with Crippen molar-refractivity contribution < 1.29 is 24.0 Å². The molecule has 1 aliphatic heterocycles. The van der Waals surface area contributed by atoms with Gasteiger partial charge >= 0.3 is 13.1 Å². The topological polar surface area (TPSA) is 114 Å². The van der Waals surface area contributed by atoms with E-state index < -0.39 is 24.3 Å². The molecule has 1 fully saturated rings. The van der Waals surface area contributed by atoms with E-state index in [1.807, 2.05) is 27.7 Å². The maximum Gasteiger partial charge on any atom is 0.492 e. The van der Waals surface area contributed by atoms with Crippen LogP contribution in [0.25, 0.3) is 6.08 Å². The van der Waals surface area contributed by atoms with Crippen LogP contribution in [0.3, 0.4) is 0 Å². The van der Waals surface area contributed by atoms with E-state index >= 15 is 0 Å². The smallest absolute Gasteiger partial charge is 0.477 e. The van der Waals surface area contributed by atoms with Crippen LogP contribution >= 0.6 is 0 Å². The van der Waals surface area contributed by atoms with Crippen molar-refractivity contribution in [3.63, 3.8) is 0 Å². The zero-order valence-electron chi connectivity index (χ0n) is 14.5. The molecule has 3 N–H and O–H groups in total. The molecule has 0 atom stereocenters. The van der Waals surface area contributed by atoms with Gasteiger partial charge in [0.15, 0.2) is 5.69 Å². The number of aromatic amines is 1. The van der Waals surface area contributed by atoms with Crippen molar-refractivity contribution in [1.29, 1.82) is 0 Å². The third-order valence-corrected chi connectivity index (χ3v) is 4.32. The third-order valence-electron chi connectivity index (χ3n) is 4.32. The summed E-state index contributed by atoms with van der Waals surface area (Å²) in [6, 6.07) is 0. The summed E-state index contributed by atoms with van der Waals surface area (Å²) in [5.41, 5.74) is -0.130. The molecule has 0 aliphatic carbocycles. The Balaban J connectivity index is 2.35. The second kappa shape index (κ2) is 6.41. The van der Waals surface area contributed by atoms with Crippen molar-refractivity contribution in [2.45, 2.75) is 45.8 Å². The summed E-state index contributed by atoms with van der Waals surface area (Å²) in [7, 11) is -0.696. The first-order chi connectivity index (χ1) is 11.0. The Morgan fingerprint density at radius 1 is 1.33 bits per heavy atom. The quantitative estimate of drug-likeness (QED) is 0.698. The number of carboxylic acids is 1. The van der Waals surface area contributed by atoms with Crippen LogP contribution in [-0.4, -0.2) is 52.0 Å². The minimum Gasteiger partial charge on any atom is -0.477 e. The standard InChI is InChI=1S/C15H22BN3O5/c1-9(20)17-8-11(6-10-7-18-19-12(10)13(21)22)16-23-14(2,3)15(4,5)24-16/h6-7H,8H2,1-5H3,(H,17,20)(H,18,19)(H,21,22). The predicted octanol–water partition coefficient (Wildman–Crippen LogP) is 1.26. The average molecular weight is 335 g/mol. The summed E-state index contributed by atoms with van der Waals surface area (Å²) in [6.07, 6.45) is 3.02. The Labute approximate surface area is 140 Å². The molecule has 1 aromatic rings. The van der Waals surface area contributed by atoms with Crippen molar-refractivity contribution in [3.8, 4) is 0 Å². The summed E-state index contributed by atoms with van der Waals surface area (Å²) in [5, 5.41) is 18.1. The van der Waals surface area contributed by atoms with Crippen molar-refractivity contribution in [2.24, 2.45) is 0 Å². The highest BCUT2D eigenvalue weighted by molar-refractivity contribution is 6.56. The van der Waals surface area contributed by atoms with Crippen LogP contribution in [0.15, 0.2) is 11.7 Å². The Bertz CT molecular complexity index is 664. The van der Waals surface area contributed by atoms with Crippen LogP contribution in [0.4, 0.5) is 0 Å². The fourth-order valence-electron chi connectivity index (χ4n) is 2.20. The lowest BCUT2D eigenvalue weighted by atomic mass is 9.77. The maximum atomic E-state index is 11.3. The number of carboxylic acid groups (broad SMARTS) is 1. The van der Waals surface area contributed by atoms with Crippen LogP contribution in [0.2, 0.25) is 0 Å². The summed E-state index contributed by atoms with van der Waals surface area (Å²) in [4.78, 5) is 22.5. The van der Waals surface area contributed by atoms with Crippen LogP contribution in [0.1, 0.15) is 50.7 Å². The largest absolute Gasteiger partial charge is 0.492 e. The number of aromatic nitrogens is 2. The maximum absolute atomic E-state index is 11.3. The molecular formula is C15H22BN3O5. The average Bonchev–Trinajstić information content (AvgIpc) is 2.97. The summed E-state index contributed by atoms with van der Waals surface area (Å²) in [6.45, 7) is 9.26. The molecule has 130 valence electrons. The lowest BCUT2D eigenvalue weighted by Crippen LogP contribution is -2.41. The number of carbonyl (C=O) groups excluding carboxylic acids is 1. The first-order valence-electron chi connectivity index (χ1n) is 7.61. The number of carbonyl (C=O) groups is 2. The highest BCUT2D eigenvalue weighted by Crippen LogP contribution is 2.38. The Morgan fingerprint density at radius 2 is 1.92 bits per heavy atom. The number of aromatic carboxylic acids is 1. The molecular weight excluding hydrogens is 313 g/mol. The molecule has 8 nitrogen and oxygen atoms in total. The van der Waals surface area contributed by atoms with Gasteiger partial charge in [-0.1, -0.05) is 6.08 Å². The number of hydrogen-bond acceptors (Lipinski definition) is 5. The molecule has 1 amide bonds. The van der Waals surface area contributed by atoms with Gasteiger partial charge in [0.1, 0.15) is 0 Å². The van der Waals surface area contributed by atoms with E-state index in [0.717, 1.165) is 0 Å². The first-order valence-corrected chi connectivity index (χ1v) is 7.61. The molecule has 2 heterocycles. The first kappa shape index (κ1) is 18.2. The van der Waals surface area contributed by atoms with Crippen LogP contribution in [-0.2, 0) is 14.1 Å². The number of nitrogens with zero attached hydrogens (tertiary/aromatic N) is 1. The molecule has 1 aliphatic rings. The second-order valence-corrected chi connectivity index (χ2v) is 6.72. The van der Waals surface area contributed by atoms with Gasteiger partial charge in [0.25, 0.3) is 0 Å². The van der Waals surface area contributed by atoms with Crippen LogP contribution < -0.4 is 5.32 Å². The SMILES string of the molecule is CC(=O)NCC(=Cc1cn[nH]c1C(=O)O)B1OC(C)(C)C(C)(C)O1. The molecule has 1 aromatic heterocycles. The lowest BCUT2D eigenvalue weighted by Gasteiger charge is -2.32. The number of hydrogen-bond donors (Lipinski definition) is 3. The van der Waals surface area contributed by atoms with Gasteiger partial charge in [-0.05, 0) is 33.2 Å². The summed E-state index contributed by atoms with van der Waals surface area (Å²) < 4.78 is 12.0. The van der Waals surface area contributed by atoms with Crippen molar-refractivity contribution in [2.75, 3.05) is 6.54 Å². The number of H-pyrrole nitrogens is 1. The molecule has 9 heteroatoms.